The lowest BCUT2D eigenvalue weighted by Crippen LogP contribution is -2.32. The summed E-state index contributed by atoms with van der Waals surface area (Å²) in [5.74, 6) is -0.178. The van der Waals surface area contributed by atoms with E-state index >= 15 is 0 Å². The highest BCUT2D eigenvalue weighted by molar-refractivity contribution is 6.31. The Labute approximate surface area is 118 Å². The van der Waals surface area contributed by atoms with Crippen LogP contribution in [0.2, 0.25) is 5.02 Å². The average Bonchev–Trinajstić information content (AvgIpc) is 2.40. The molecule has 0 aliphatic rings. The van der Waals surface area contributed by atoms with Gasteiger partial charge in [0.1, 0.15) is 5.82 Å². The van der Waals surface area contributed by atoms with Crippen molar-refractivity contribution in [2.75, 3.05) is 19.6 Å². The zero-order valence-corrected chi connectivity index (χ0v) is 12.1. The number of nitrogens with zero attached hydrogens (tertiary/aromatic N) is 1. The van der Waals surface area contributed by atoms with E-state index in [1.165, 1.54) is 18.2 Å². The van der Waals surface area contributed by atoms with Crippen LogP contribution in [0.1, 0.15) is 25.8 Å². The van der Waals surface area contributed by atoms with Gasteiger partial charge >= 0.3 is 0 Å². The normalized spacial score (nSPS) is 10.5. The molecule has 0 fully saturated rings. The van der Waals surface area contributed by atoms with Crippen LogP contribution < -0.4 is 5.32 Å². The molecule has 0 bridgehead atoms. The van der Waals surface area contributed by atoms with Gasteiger partial charge in [0.05, 0.1) is 0 Å². The van der Waals surface area contributed by atoms with Crippen molar-refractivity contribution in [3.63, 3.8) is 0 Å². The first-order valence-corrected chi connectivity index (χ1v) is 6.88. The Morgan fingerprint density at radius 1 is 1.37 bits per heavy atom. The van der Waals surface area contributed by atoms with Gasteiger partial charge in [0.15, 0.2) is 0 Å². The topological polar surface area (TPSA) is 32.3 Å². The van der Waals surface area contributed by atoms with Crippen molar-refractivity contribution in [3.05, 3.63) is 34.6 Å². The number of carbonyl (C=O) groups is 1. The monoisotopic (exact) mass is 286 g/mol. The summed E-state index contributed by atoms with van der Waals surface area (Å²) in [5.41, 5.74) is 0.706. The molecule has 5 heteroatoms. The van der Waals surface area contributed by atoms with Gasteiger partial charge in [-0.1, -0.05) is 11.6 Å². The first-order chi connectivity index (χ1) is 9.08. The highest BCUT2D eigenvalue weighted by Gasteiger charge is 2.08. The molecule has 1 N–H and O–H groups in total. The summed E-state index contributed by atoms with van der Waals surface area (Å²) in [5, 5.41) is 3.64. The molecule has 19 heavy (non-hydrogen) atoms. The van der Waals surface area contributed by atoms with Crippen LogP contribution in [0, 0.1) is 5.82 Å². The summed E-state index contributed by atoms with van der Waals surface area (Å²) >= 11 is 5.95. The van der Waals surface area contributed by atoms with Crippen LogP contribution in [-0.2, 0) is 11.3 Å². The summed E-state index contributed by atoms with van der Waals surface area (Å²) in [7, 11) is 0. The van der Waals surface area contributed by atoms with Crippen molar-refractivity contribution < 1.29 is 9.18 Å². The van der Waals surface area contributed by atoms with Crippen LogP contribution >= 0.6 is 11.6 Å². The predicted octanol–water partition coefficient (Wildman–Crippen LogP) is 2.83. The van der Waals surface area contributed by atoms with E-state index in [0.29, 0.717) is 30.1 Å². The summed E-state index contributed by atoms with van der Waals surface area (Å²) in [6.45, 7) is 6.39. The highest BCUT2D eigenvalue weighted by atomic mass is 35.5. The van der Waals surface area contributed by atoms with Crippen LogP contribution in [0.15, 0.2) is 18.2 Å². The second kappa shape index (κ2) is 8.12. The number of benzene rings is 1. The fourth-order valence-electron chi connectivity index (χ4n) is 1.83. The Hall–Kier alpha value is -1.13. The molecule has 1 rings (SSSR count). The SMILES string of the molecule is CCN(CC)C(=O)CCNCc1cc(F)ccc1Cl. The summed E-state index contributed by atoms with van der Waals surface area (Å²) in [4.78, 5) is 13.5. The number of hydrogen-bond acceptors (Lipinski definition) is 2. The molecule has 0 heterocycles. The van der Waals surface area contributed by atoms with Crippen LogP contribution in [0.25, 0.3) is 0 Å². The first-order valence-electron chi connectivity index (χ1n) is 6.50. The fraction of sp³-hybridized carbons (Fsp3) is 0.500. The molecule has 0 aromatic heterocycles. The van der Waals surface area contributed by atoms with Gasteiger partial charge in [0.25, 0.3) is 0 Å². The number of hydrogen-bond donors (Lipinski definition) is 1. The number of nitrogens with one attached hydrogen (secondary N) is 1. The van der Waals surface area contributed by atoms with Crippen molar-refractivity contribution in [2.45, 2.75) is 26.8 Å². The lowest BCUT2D eigenvalue weighted by Gasteiger charge is -2.18. The van der Waals surface area contributed by atoms with Crippen LogP contribution in [0.3, 0.4) is 0 Å². The predicted molar refractivity (Wildman–Crippen MR) is 75.7 cm³/mol. The number of amides is 1. The number of carbonyl (C=O) groups excluding carboxylic acids is 1. The molecule has 0 spiro atoms. The molecule has 0 aliphatic carbocycles. The van der Waals surface area contributed by atoms with Crippen LogP contribution in [0.5, 0.6) is 0 Å². The molecular weight excluding hydrogens is 267 g/mol. The van der Waals surface area contributed by atoms with Crippen molar-refractivity contribution in [3.8, 4) is 0 Å². The van der Waals surface area contributed by atoms with E-state index in [1.54, 1.807) is 4.90 Å². The lowest BCUT2D eigenvalue weighted by molar-refractivity contribution is -0.130. The van der Waals surface area contributed by atoms with Gasteiger partial charge in [0, 0.05) is 37.6 Å². The summed E-state index contributed by atoms with van der Waals surface area (Å²) < 4.78 is 13.0. The Balaban J connectivity index is 2.35. The Morgan fingerprint density at radius 2 is 2.05 bits per heavy atom. The molecule has 106 valence electrons. The minimum absolute atomic E-state index is 0.128. The average molecular weight is 287 g/mol. The van der Waals surface area contributed by atoms with Crippen molar-refractivity contribution >= 4 is 17.5 Å². The van der Waals surface area contributed by atoms with E-state index in [9.17, 15) is 9.18 Å². The van der Waals surface area contributed by atoms with E-state index in [4.69, 9.17) is 11.6 Å². The van der Waals surface area contributed by atoms with E-state index in [2.05, 4.69) is 5.32 Å². The van der Waals surface area contributed by atoms with Crippen molar-refractivity contribution in [1.29, 1.82) is 0 Å². The standard InChI is InChI=1S/C14H20ClFN2O/c1-3-18(4-2)14(19)7-8-17-10-11-9-12(16)5-6-13(11)15/h5-6,9,17H,3-4,7-8,10H2,1-2H3. The van der Waals surface area contributed by atoms with E-state index in [-0.39, 0.29) is 11.7 Å². The molecule has 1 amide bonds. The van der Waals surface area contributed by atoms with Crippen LogP contribution in [0.4, 0.5) is 4.39 Å². The molecule has 0 radical (unpaired) electrons. The van der Waals surface area contributed by atoms with Gasteiger partial charge in [-0.3, -0.25) is 4.79 Å². The largest absolute Gasteiger partial charge is 0.343 e. The van der Waals surface area contributed by atoms with Gasteiger partial charge in [-0.25, -0.2) is 4.39 Å². The quantitative estimate of drug-likeness (QED) is 0.782. The Bertz CT molecular complexity index is 422. The zero-order valence-electron chi connectivity index (χ0n) is 11.4. The molecule has 1 aromatic carbocycles. The summed E-state index contributed by atoms with van der Waals surface area (Å²) in [6.07, 6.45) is 0.439. The van der Waals surface area contributed by atoms with E-state index < -0.39 is 0 Å². The molecule has 3 nitrogen and oxygen atoms in total. The minimum atomic E-state index is -0.305. The molecule has 0 saturated carbocycles. The molecule has 0 unspecified atom stereocenters. The van der Waals surface area contributed by atoms with E-state index in [0.717, 1.165) is 13.1 Å². The Morgan fingerprint density at radius 3 is 2.68 bits per heavy atom. The second-order valence-electron chi connectivity index (χ2n) is 4.23. The maximum Gasteiger partial charge on any atom is 0.223 e. The van der Waals surface area contributed by atoms with Gasteiger partial charge in [-0.05, 0) is 37.6 Å². The zero-order chi connectivity index (χ0) is 14.3. The molecule has 0 saturated heterocycles. The fourth-order valence-corrected chi connectivity index (χ4v) is 2.02. The van der Waals surface area contributed by atoms with E-state index in [1.807, 2.05) is 13.8 Å². The molecule has 0 atom stereocenters. The smallest absolute Gasteiger partial charge is 0.223 e. The maximum absolute atomic E-state index is 13.0. The number of halogens is 2. The number of rotatable bonds is 7. The van der Waals surface area contributed by atoms with Gasteiger partial charge in [0.2, 0.25) is 5.91 Å². The molecular formula is C14H20ClFN2O. The van der Waals surface area contributed by atoms with Gasteiger partial charge < -0.3 is 10.2 Å². The van der Waals surface area contributed by atoms with Crippen molar-refractivity contribution in [1.82, 2.24) is 10.2 Å². The third kappa shape index (κ3) is 5.17. The lowest BCUT2D eigenvalue weighted by atomic mass is 10.2. The minimum Gasteiger partial charge on any atom is -0.343 e. The third-order valence-corrected chi connectivity index (χ3v) is 3.32. The third-order valence-electron chi connectivity index (χ3n) is 2.96. The van der Waals surface area contributed by atoms with Gasteiger partial charge in [-0.15, -0.1) is 0 Å². The highest BCUT2D eigenvalue weighted by Crippen LogP contribution is 2.16. The first kappa shape index (κ1) is 15.9. The maximum atomic E-state index is 13.0. The van der Waals surface area contributed by atoms with Crippen LogP contribution in [-0.4, -0.2) is 30.4 Å². The molecule has 0 aliphatic heterocycles. The molecule has 1 aromatic rings. The Kier molecular flexibility index (Phi) is 6.81. The second-order valence-corrected chi connectivity index (χ2v) is 4.64. The van der Waals surface area contributed by atoms with Gasteiger partial charge in [-0.2, -0.15) is 0 Å². The summed E-state index contributed by atoms with van der Waals surface area (Å²) in [6, 6.07) is 4.27. The van der Waals surface area contributed by atoms with Crippen molar-refractivity contribution in [2.24, 2.45) is 0 Å².